The van der Waals surface area contributed by atoms with Crippen molar-refractivity contribution in [2.75, 3.05) is 6.54 Å². The molecule has 0 aromatic heterocycles. The van der Waals surface area contributed by atoms with E-state index in [4.69, 9.17) is 0 Å². The molecule has 2 rings (SSSR count). The van der Waals surface area contributed by atoms with Crippen LogP contribution in [0.5, 0.6) is 0 Å². The molecular weight excluding hydrogens is 293 g/mol. The maximum Gasteiger partial charge on any atom is 0.123 e. The first-order valence-corrected chi connectivity index (χ1v) is 7.59. The van der Waals surface area contributed by atoms with Crippen molar-refractivity contribution in [2.45, 2.75) is 45.6 Å². The number of hydrogen-bond donors (Lipinski definition) is 1. The Kier molecular flexibility index (Phi) is 4.79. The minimum Gasteiger partial charge on any atom is -0.312 e. The van der Waals surface area contributed by atoms with Gasteiger partial charge in [0.2, 0.25) is 0 Å². The van der Waals surface area contributed by atoms with Crippen molar-refractivity contribution >= 4 is 15.9 Å². The third-order valence-corrected chi connectivity index (χ3v) is 5.01. The average Bonchev–Trinajstić information content (AvgIpc) is 2.83. The summed E-state index contributed by atoms with van der Waals surface area (Å²) in [5, 5.41) is 3.51. The molecule has 1 aliphatic carbocycles. The fraction of sp³-hybridized carbons (Fsp3) is 0.600. The zero-order valence-corrected chi connectivity index (χ0v) is 12.5. The molecule has 1 N–H and O–H groups in total. The van der Waals surface area contributed by atoms with Crippen LogP contribution in [0.3, 0.4) is 0 Å². The lowest BCUT2D eigenvalue weighted by Crippen LogP contribution is -2.31. The summed E-state index contributed by atoms with van der Waals surface area (Å²) < 4.78 is 14.1. The highest BCUT2D eigenvalue weighted by Gasteiger charge is 2.31. The van der Waals surface area contributed by atoms with Crippen LogP contribution in [0.4, 0.5) is 4.39 Å². The zero-order chi connectivity index (χ0) is 13.0. The van der Waals surface area contributed by atoms with Gasteiger partial charge in [-0.25, -0.2) is 4.39 Å². The van der Waals surface area contributed by atoms with Gasteiger partial charge in [0.05, 0.1) is 0 Å². The number of nitrogens with one attached hydrogen (secondary N) is 1. The third-order valence-electron chi connectivity index (χ3n) is 4.24. The highest BCUT2D eigenvalue weighted by molar-refractivity contribution is 9.10. The van der Waals surface area contributed by atoms with Crippen molar-refractivity contribution in [1.29, 1.82) is 0 Å². The molecule has 100 valence electrons. The predicted octanol–water partition coefficient (Wildman–Crippen LogP) is 4.65. The highest BCUT2D eigenvalue weighted by Crippen LogP contribution is 2.40. The number of halogens is 2. The van der Waals surface area contributed by atoms with Crippen LogP contribution in [0.25, 0.3) is 0 Å². The van der Waals surface area contributed by atoms with Crippen LogP contribution in [-0.4, -0.2) is 6.54 Å². The lowest BCUT2D eigenvalue weighted by atomic mass is 9.83. The maximum atomic E-state index is 13.2. The molecule has 0 radical (unpaired) electrons. The molecule has 0 heterocycles. The third kappa shape index (κ3) is 3.33. The largest absolute Gasteiger partial charge is 0.312 e. The molecule has 18 heavy (non-hydrogen) atoms. The Labute approximate surface area is 117 Å². The van der Waals surface area contributed by atoms with Gasteiger partial charge in [-0.3, -0.25) is 0 Å². The van der Waals surface area contributed by atoms with Crippen molar-refractivity contribution in [3.8, 4) is 0 Å². The van der Waals surface area contributed by atoms with Crippen molar-refractivity contribution in [2.24, 2.45) is 5.41 Å². The standard InChI is InChI=1S/C15H21BrFN/c1-2-15(7-3-4-8-15)11-18-10-12-9-13(17)5-6-14(12)16/h5-6,9,18H,2-4,7-8,10-11H2,1H3. The second-order valence-corrected chi connectivity index (χ2v) is 6.25. The van der Waals surface area contributed by atoms with Crippen LogP contribution in [0.15, 0.2) is 22.7 Å². The topological polar surface area (TPSA) is 12.0 Å². The SMILES string of the molecule is CCC1(CNCc2cc(F)ccc2Br)CCCC1. The van der Waals surface area contributed by atoms with Crippen molar-refractivity contribution in [3.05, 3.63) is 34.1 Å². The van der Waals surface area contributed by atoms with Crippen LogP contribution in [0, 0.1) is 11.2 Å². The van der Waals surface area contributed by atoms with Gasteiger partial charge in [-0.05, 0) is 48.4 Å². The van der Waals surface area contributed by atoms with E-state index < -0.39 is 0 Å². The first kappa shape index (κ1) is 14.0. The quantitative estimate of drug-likeness (QED) is 0.834. The summed E-state index contributed by atoms with van der Waals surface area (Å²) >= 11 is 3.47. The number of rotatable bonds is 5. The number of hydrogen-bond acceptors (Lipinski definition) is 1. The fourth-order valence-corrected chi connectivity index (χ4v) is 3.31. The van der Waals surface area contributed by atoms with E-state index in [1.807, 2.05) is 0 Å². The molecule has 1 nitrogen and oxygen atoms in total. The summed E-state index contributed by atoms with van der Waals surface area (Å²) in [6.07, 6.45) is 6.63. The van der Waals surface area contributed by atoms with Gasteiger partial charge in [0.1, 0.15) is 5.82 Å². The molecular formula is C15H21BrFN. The first-order chi connectivity index (χ1) is 8.65. The van der Waals surface area contributed by atoms with E-state index in [-0.39, 0.29) is 5.82 Å². The summed E-state index contributed by atoms with van der Waals surface area (Å²) in [6.45, 7) is 4.07. The fourth-order valence-electron chi connectivity index (χ4n) is 2.92. The minimum absolute atomic E-state index is 0.166. The number of benzene rings is 1. The van der Waals surface area contributed by atoms with Gasteiger partial charge in [0.25, 0.3) is 0 Å². The predicted molar refractivity (Wildman–Crippen MR) is 77.0 cm³/mol. The van der Waals surface area contributed by atoms with Crippen molar-refractivity contribution in [3.63, 3.8) is 0 Å². The van der Waals surface area contributed by atoms with Crippen molar-refractivity contribution < 1.29 is 4.39 Å². The molecule has 0 bridgehead atoms. The second kappa shape index (κ2) is 6.16. The van der Waals surface area contributed by atoms with E-state index in [0.717, 1.165) is 23.1 Å². The molecule has 0 saturated heterocycles. The van der Waals surface area contributed by atoms with Crippen LogP contribution >= 0.6 is 15.9 Å². The van der Waals surface area contributed by atoms with Crippen LogP contribution < -0.4 is 5.32 Å². The van der Waals surface area contributed by atoms with Crippen LogP contribution in [-0.2, 0) is 6.54 Å². The van der Waals surface area contributed by atoms with Gasteiger partial charge in [0, 0.05) is 17.6 Å². The summed E-state index contributed by atoms with van der Waals surface area (Å²) in [5.41, 5.74) is 1.49. The van der Waals surface area contributed by atoms with Gasteiger partial charge < -0.3 is 5.32 Å². The summed E-state index contributed by atoms with van der Waals surface area (Å²) in [5.74, 6) is -0.166. The van der Waals surface area contributed by atoms with E-state index in [1.54, 1.807) is 12.1 Å². The summed E-state index contributed by atoms with van der Waals surface area (Å²) in [6, 6.07) is 4.86. The molecule has 3 heteroatoms. The van der Waals surface area contributed by atoms with Gasteiger partial charge in [-0.2, -0.15) is 0 Å². The summed E-state index contributed by atoms with van der Waals surface area (Å²) in [7, 11) is 0. The molecule has 0 aliphatic heterocycles. The normalized spacial score (nSPS) is 18.2. The Morgan fingerprint density at radius 1 is 1.33 bits per heavy atom. The molecule has 1 saturated carbocycles. The molecule has 0 atom stereocenters. The maximum absolute atomic E-state index is 13.2. The van der Waals surface area contributed by atoms with Gasteiger partial charge in [-0.15, -0.1) is 0 Å². The molecule has 1 fully saturated rings. The van der Waals surface area contributed by atoms with Gasteiger partial charge in [0.15, 0.2) is 0 Å². The summed E-state index contributed by atoms with van der Waals surface area (Å²) in [4.78, 5) is 0. The Balaban J connectivity index is 1.89. The van der Waals surface area contributed by atoms with E-state index in [9.17, 15) is 4.39 Å². The molecule has 1 aromatic rings. The monoisotopic (exact) mass is 313 g/mol. The Morgan fingerprint density at radius 3 is 2.72 bits per heavy atom. The minimum atomic E-state index is -0.166. The Hall–Kier alpha value is -0.410. The smallest absolute Gasteiger partial charge is 0.123 e. The molecule has 0 spiro atoms. The van der Waals surface area contributed by atoms with E-state index in [1.165, 1.54) is 38.2 Å². The first-order valence-electron chi connectivity index (χ1n) is 6.80. The Bertz CT molecular complexity index is 399. The van der Waals surface area contributed by atoms with Crippen LogP contribution in [0.2, 0.25) is 0 Å². The lowest BCUT2D eigenvalue weighted by molar-refractivity contribution is 0.268. The lowest BCUT2D eigenvalue weighted by Gasteiger charge is -2.28. The highest BCUT2D eigenvalue weighted by atomic mass is 79.9. The zero-order valence-electron chi connectivity index (χ0n) is 10.9. The van der Waals surface area contributed by atoms with E-state index >= 15 is 0 Å². The average molecular weight is 314 g/mol. The van der Waals surface area contributed by atoms with E-state index in [2.05, 4.69) is 28.2 Å². The second-order valence-electron chi connectivity index (χ2n) is 5.40. The van der Waals surface area contributed by atoms with Gasteiger partial charge >= 0.3 is 0 Å². The van der Waals surface area contributed by atoms with Crippen LogP contribution in [0.1, 0.15) is 44.6 Å². The molecule has 1 aliphatic rings. The van der Waals surface area contributed by atoms with Crippen molar-refractivity contribution in [1.82, 2.24) is 5.32 Å². The molecule has 0 amide bonds. The van der Waals surface area contributed by atoms with E-state index in [0.29, 0.717) is 5.41 Å². The van der Waals surface area contributed by atoms with Gasteiger partial charge in [-0.1, -0.05) is 35.7 Å². The Morgan fingerprint density at radius 2 is 2.06 bits per heavy atom. The molecule has 0 unspecified atom stereocenters. The molecule has 1 aromatic carbocycles.